The molecule has 1 heterocycles. The third kappa shape index (κ3) is 3.42. The molecule has 6 heteroatoms. The van der Waals surface area contributed by atoms with Crippen molar-refractivity contribution in [1.82, 2.24) is 14.7 Å². The third-order valence-corrected chi connectivity index (χ3v) is 4.06. The zero-order chi connectivity index (χ0) is 15.5. The van der Waals surface area contributed by atoms with Gasteiger partial charge in [-0.25, -0.2) is 9.59 Å². The fourth-order valence-corrected chi connectivity index (χ4v) is 2.49. The molecule has 0 unspecified atom stereocenters. The van der Waals surface area contributed by atoms with E-state index in [0.717, 1.165) is 13.1 Å². The topological polar surface area (TPSA) is 64.1 Å². The largest absolute Gasteiger partial charge is 0.480 e. The number of hydrogen-bond acceptors (Lipinski definition) is 3. The maximum absolute atomic E-state index is 12.5. The first-order chi connectivity index (χ1) is 9.21. The van der Waals surface area contributed by atoms with Crippen LogP contribution in [0.4, 0.5) is 4.79 Å². The van der Waals surface area contributed by atoms with E-state index in [2.05, 4.69) is 18.7 Å². The first kappa shape index (κ1) is 16.8. The lowest BCUT2D eigenvalue weighted by atomic mass is 10.0. The van der Waals surface area contributed by atoms with Crippen molar-refractivity contribution in [3.05, 3.63) is 0 Å². The molecule has 0 aromatic heterocycles. The van der Waals surface area contributed by atoms with Gasteiger partial charge in [-0.15, -0.1) is 0 Å². The van der Waals surface area contributed by atoms with E-state index < -0.39 is 11.5 Å². The summed E-state index contributed by atoms with van der Waals surface area (Å²) in [5.41, 5.74) is -1.18. The van der Waals surface area contributed by atoms with E-state index in [9.17, 15) is 14.7 Å². The Morgan fingerprint density at radius 3 is 2.05 bits per heavy atom. The highest BCUT2D eigenvalue weighted by Crippen LogP contribution is 2.18. The molecule has 1 fully saturated rings. The van der Waals surface area contributed by atoms with Crippen LogP contribution < -0.4 is 0 Å². The summed E-state index contributed by atoms with van der Waals surface area (Å²) < 4.78 is 0. The van der Waals surface area contributed by atoms with E-state index >= 15 is 0 Å². The van der Waals surface area contributed by atoms with Gasteiger partial charge in [0, 0.05) is 38.8 Å². The summed E-state index contributed by atoms with van der Waals surface area (Å²) in [4.78, 5) is 29.4. The van der Waals surface area contributed by atoms with Crippen molar-refractivity contribution in [1.29, 1.82) is 0 Å². The maximum Gasteiger partial charge on any atom is 0.329 e. The molecule has 0 spiro atoms. The summed E-state index contributed by atoms with van der Waals surface area (Å²) in [6.07, 6.45) is 0. The van der Waals surface area contributed by atoms with Gasteiger partial charge in [-0.05, 0) is 34.6 Å². The summed E-state index contributed by atoms with van der Waals surface area (Å²) in [5, 5.41) is 9.28. The lowest BCUT2D eigenvalue weighted by Crippen LogP contribution is -2.60. The number of carboxylic acid groups (broad SMARTS) is 1. The van der Waals surface area contributed by atoms with Crippen molar-refractivity contribution >= 4 is 12.0 Å². The lowest BCUT2D eigenvalue weighted by molar-refractivity contribution is -0.147. The second-order valence-electron chi connectivity index (χ2n) is 6.01. The Morgan fingerprint density at radius 2 is 1.70 bits per heavy atom. The molecule has 20 heavy (non-hydrogen) atoms. The number of carbonyl (C=O) groups is 2. The first-order valence-electron chi connectivity index (χ1n) is 7.25. The molecule has 0 saturated carbocycles. The van der Waals surface area contributed by atoms with Crippen molar-refractivity contribution in [3.63, 3.8) is 0 Å². The molecule has 1 aliphatic rings. The van der Waals surface area contributed by atoms with E-state index in [1.807, 2.05) is 6.92 Å². The summed E-state index contributed by atoms with van der Waals surface area (Å²) in [5.74, 6) is -0.978. The number of amides is 2. The molecule has 0 bridgehead atoms. The van der Waals surface area contributed by atoms with Crippen LogP contribution in [0.5, 0.6) is 0 Å². The molecule has 6 nitrogen and oxygen atoms in total. The van der Waals surface area contributed by atoms with Crippen LogP contribution in [-0.2, 0) is 4.79 Å². The van der Waals surface area contributed by atoms with Crippen molar-refractivity contribution < 1.29 is 14.7 Å². The number of carboxylic acids is 1. The van der Waals surface area contributed by atoms with Crippen molar-refractivity contribution in [2.75, 3.05) is 32.7 Å². The Kier molecular flexibility index (Phi) is 5.39. The molecule has 1 aliphatic heterocycles. The van der Waals surface area contributed by atoms with Crippen molar-refractivity contribution in [3.8, 4) is 0 Å². The van der Waals surface area contributed by atoms with Crippen LogP contribution >= 0.6 is 0 Å². The minimum Gasteiger partial charge on any atom is -0.480 e. The number of rotatable bonds is 4. The average Bonchev–Trinajstić information content (AvgIpc) is 2.39. The van der Waals surface area contributed by atoms with E-state index in [4.69, 9.17) is 0 Å². The van der Waals surface area contributed by atoms with Crippen molar-refractivity contribution in [2.45, 2.75) is 46.2 Å². The minimum atomic E-state index is -1.18. The summed E-state index contributed by atoms with van der Waals surface area (Å²) in [7, 11) is 0. The van der Waals surface area contributed by atoms with E-state index in [0.29, 0.717) is 25.7 Å². The molecule has 0 aromatic carbocycles. The Morgan fingerprint density at radius 1 is 1.20 bits per heavy atom. The molecule has 1 saturated heterocycles. The number of nitrogens with zero attached hydrogens (tertiary/aromatic N) is 3. The second kappa shape index (κ2) is 6.43. The van der Waals surface area contributed by atoms with Crippen LogP contribution in [0.1, 0.15) is 34.6 Å². The summed E-state index contributed by atoms with van der Waals surface area (Å²) in [6.45, 7) is 12.6. The molecule has 0 radical (unpaired) electrons. The SMILES string of the molecule is CCN(C(=O)N1CCN(C(C)C)CC1)C(C)(C)C(=O)O. The first-order valence-corrected chi connectivity index (χ1v) is 7.25. The van der Waals surface area contributed by atoms with Gasteiger partial charge in [-0.2, -0.15) is 0 Å². The van der Waals surface area contributed by atoms with Gasteiger partial charge in [0.1, 0.15) is 5.54 Å². The zero-order valence-electron chi connectivity index (χ0n) is 13.2. The molecule has 0 aromatic rings. The molecule has 0 atom stereocenters. The third-order valence-electron chi connectivity index (χ3n) is 4.06. The minimum absolute atomic E-state index is 0.177. The van der Waals surface area contributed by atoms with E-state index in [1.54, 1.807) is 18.7 Å². The van der Waals surface area contributed by atoms with Gasteiger partial charge in [-0.3, -0.25) is 4.90 Å². The lowest BCUT2D eigenvalue weighted by Gasteiger charge is -2.42. The van der Waals surface area contributed by atoms with Gasteiger partial charge in [0.2, 0.25) is 0 Å². The van der Waals surface area contributed by atoms with Gasteiger partial charge in [0.15, 0.2) is 0 Å². The number of urea groups is 1. The van der Waals surface area contributed by atoms with Gasteiger partial charge in [-0.1, -0.05) is 0 Å². The summed E-state index contributed by atoms with van der Waals surface area (Å²) in [6, 6.07) is 0.299. The van der Waals surface area contributed by atoms with Crippen LogP contribution in [0.25, 0.3) is 0 Å². The Balaban J connectivity index is 2.72. The molecule has 1 rings (SSSR count). The fraction of sp³-hybridized carbons (Fsp3) is 0.857. The fourth-order valence-electron chi connectivity index (χ4n) is 2.49. The predicted octanol–water partition coefficient (Wildman–Crippen LogP) is 1.32. The van der Waals surface area contributed by atoms with Crippen LogP contribution in [-0.4, -0.2) is 76.1 Å². The molecule has 2 amide bonds. The van der Waals surface area contributed by atoms with Gasteiger partial charge in [0.25, 0.3) is 0 Å². The average molecular weight is 285 g/mol. The molecular weight excluding hydrogens is 258 g/mol. The number of piperazine rings is 1. The van der Waals surface area contributed by atoms with Crippen LogP contribution in [0, 0.1) is 0 Å². The van der Waals surface area contributed by atoms with Crippen LogP contribution in [0.3, 0.4) is 0 Å². The van der Waals surface area contributed by atoms with E-state index in [1.165, 1.54) is 4.90 Å². The number of likely N-dealkylation sites (N-methyl/N-ethyl adjacent to an activating group) is 1. The van der Waals surface area contributed by atoms with E-state index in [-0.39, 0.29) is 6.03 Å². The number of hydrogen-bond donors (Lipinski definition) is 1. The highest BCUT2D eigenvalue weighted by atomic mass is 16.4. The van der Waals surface area contributed by atoms with Gasteiger partial charge in [0.05, 0.1) is 0 Å². The molecule has 1 N–H and O–H groups in total. The second-order valence-corrected chi connectivity index (χ2v) is 6.01. The predicted molar refractivity (Wildman–Crippen MR) is 77.8 cm³/mol. The van der Waals surface area contributed by atoms with Gasteiger partial charge < -0.3 is 14.9 Å². The highest BCUT2D eigenvalue weighted by Gasteiger charge is 2.39. The number of carbonyl (C=O) groups excluding carboxylic acids is 1. The Labute approximate surface area is 121 Å². The molecular formula is C14H27N3O3. The normalized spacial score (nSPS) is 17.4. The van der Waals surface area contributed by atoms with Crippen molar-refractivity contribution in [2.24, 2.45) is 0 Å². The monoisotopic (exact) mass is 285 g/mol. The standard InChI is InChI=1S/C14H27N3O3/c1-6-17(14(4,5)12(18)19)13(20)16-9-7-15(8-10-16)11(2)3/h11H,6-10H2,1-5H3,(H,18,19). The number of aliphatic carboxylic acids is 1. The van der Waals surface area contributed by atoms with Crippen LogP contribution in [0.15, 0.2) is 0 Å². The Hall–Kier alpha value is -1.30. The summed E-state index contributed by atoms with van der Waals surface area (Å²) >= 11 is 0. The quantitative estimate of drug-likeness (QED) is 0.846. The van der Waals surface area contributed by atoms with Crippen LogP contribution in [0.2, 0.25) is 0 Å². The zero-order valence-corrected chi connectivity index (χ0v) is 13.2. The maximum atomic E-state index is 12.5. The van der Waals surface area contributed by atoms with Gasteiger partial charge >= 0.3 is 12.0 Å². The molecule has 0 aliphatic carbocycles. The Bertz CT molecular complexity index is 361. The smallest absolute Gasteiger partial charge is 0.329 e. The molecule has 116 valence electrons. The highest BCUT2D eigenvalue weighted by molar-refractivity contribution is 5.85.